The molecule has 0 bridgehead atoms. The van der Waals surface area contributed by atoms with E-state index in [0.29, 0.717) is 11.1 Å². The predicted molar refractivity (Wildman–Crippen MR) is 70.4 cm³/mol. The topological polar surface area (TPSA) is 58.0 Å². The van der Waals surface area contributed by atoms with Crippen LogP contribution in [0.5, 0.6) is 0 Å². The number of anilines is 1. The van der Waals surface area contributed by atoms with Gasteiger partial charge in [0.15, 0.2) is 0 Å². The van der Waals surface area contributed by atoms with Gasteiger partial charge in [-0.2, -0.15) is 0 Å². The Balaban J connectivity index is 2.55. The van der Waals surface area contributed by atoms with Crippen molar-refractivity contribution in [3.63, 3.8) is 0 Å². The summed E-state index contributed by atoms with van der Waals surface area (Å²) >= 11 is 5.92. The summed E-state index contributed by atoms with van der Waals surface area (Å²) in [6.45, 7) is 5.08. The van der Waals surface area contributed by atoms with E-state index in [-0.39, 0.29) is 6.61 Å². The third-order valence-electron chi connectivity index (χ3n) is 2.82. The Hall–Kier alpha value is -0.870. The van der Waals surface area contributed by atoms with Crippen LogP contribution in [-0.2, 0) is 0 Å². The molecule has 0 aliphatic rings. The van der Waals surface area contributed by atoms with Gasteiger partial charge in [0.1, 0.15) is 17.3 Å². The number of hydrogen-bond donors (Lipinski definition) is 2. The Morgan fingerprint density at radius 1 is 1.41 bits per heavy atom. The summed E-state index contributed by atoms with van der Waals surface area (Å²) in [6, 6.07) is 0. The quantitative estimate of drug-likeness (QED) is 0.738. The van der Waals surface area contributed by atoms with Crippen LogP contribution in [-0.4, -0.2) is 28.2 Å². The molecule has 0 saturated carbocycles. The van der Waals surface area contributed by atoms with Crippen LogP contribution < -0.4 is 5.32 Å². The number of halogens is 1. The molecule has 0 saturated heterocycles. The second-order valence-electron chi connectivity index (χ2n) is 4.19. The van der Waals surface area contributed by atoms with E-state index in [1.54, 1.807) is 0 Å². The molecule has 0 aliphatic heterocycles. The zero-order valence-corrected chi connectivity index (χ0v) is 11.2. The van der Waals surface area contributed by atoms with Crippen molar-refractivity contribution in [3.8, 4) is 0 Å². The van der Waals surface area contributed by atoms with Gasteiger partial charge in [0, 0.05) is 18.7 Å². The highest BCUT2D eigenvalue weighted by atomic mass is 35.5. The molecule has 0 aromatic carbocycles. The zero-order chi connectivity index (χ0) is 12.7. The van der Waals surface area contributed by atoms with Gasteiger partial charge < -0.3 is 10.4 Å². The highest BCUT2D eigenvalue weighted by Crippen LogP contribution is 2.19. The lowest BCUT2D eigenvalue weighted by Gasteiger charge is -2.17. The first kappa shape index (κ1) is 14.2. The molecule has 1 atom stereocenters. The van der Waals surface area contributed by atoms with E-state index in [1.165, 1.54) is 6.33 Å². The Morgan fingerprint density at radius 3 is 2.82 bits per heavy atom. The third-order valence-corrected chi connectivity index (χ3v) is 3.20. The zero-order valence-electron chi connectivity index (χ0n) is 10.4. The lowest BCUT2D eigenvalue weighted by molar-refractivity contribution is 0.255. The highest BCUT2D eigenvalue weighted by Gasteiger charge is 2.09. The van der Waals surface area contributed by atoms with Crippen molar-refractivity contribution in [1.29, 1.82) is 0 Å². The minimum absolute atomic E-state index is 0.232. The van der Waals surface area contributed by atoms with Gasteiger partial charge in [0.25, 0.3) is 0 Å². The molecule has 2 N–H and O–H groups in total. The Labute approximate surface area is 107 Å². The molecule has 4 nitrogen and oxygen atoms in total. The Bertz CT molecular complexity index is 341. The smallest absolute Gasteiger partial charge is 0.137 e. The average Bonchev–Trinajstić information content (AvgIpc) is 2.31. The maximum Gasteiger partial charge on any atom is 0.137 e. The number of nitrogens with one attached hydrogen (secondary N) is 1. The van der Waals surface area contributed by atoms with E-state index in [1.807, 2.05) is 6.92 Å². The Kier molecular flexibility index (Phi) is 6.22. The molecule has 1 rings (SSSR count). The van der Waals surface area contributed by atoms with Crippen LogP contribution in [0.3, 0.4) is 0 Å². The molecule has 0 spiro atoms. The number of rotatable bonds is 7. The van der Waals surface area contributed by atoms with Crippen LogP contribution in [0.1, 0.15) is 31.7 Å². The molecule has 1 aromatic rings. The molecule has 0 radical (unpaired) electrons. The standard InChI is InChI=1S/C12H20ClN3O/c1-3-4-10(5-6-17)7-14-12-9(2)11(13)15-8-16-12/h8,10,17H,3-7H2,1-2H3,(H,14,15,16). The fourth-order valence-corrected chi connectivity index (χ4v) is 1.92. The van der Waals surface area contributed by atoms with Crippen molar-refractivity contribution >= 4 is 17.4 Å². The first-order valence-electron chi connectivity index (χ1n) is 6.00. The molecular weight excluding hydrogens is 238 g/mol. The number of nitrogens with zero attached hydrogens (tertiary/aromatic N) is 2. The van der Waals surface area contributed by atoms with Crippen molar-refractivity contribution in [3.05, 3.63) is 17.0 Å². The lowest BCUT2D eigenvalue weighted by atomic mass is 10.0. The molecule has 1 heterocycles. The SMILES string of the molecule is CCCC(CCO)CNc1ncnc(Cl)c1C. The van der Waals surface area contributed by atoms with Gasteiger partial charge in [-0.25, -0.2) is 9.97 Å². The first-order valence-corrected chi connectivity index (χ1v) is 6.38. The van der Waals surface area contributed by atoms with Gasteiger partial charge in [0.05, 0.1) is 0 Å². The summed E-state index contributed by atoms with van der Waals surface area (Å²) in [7, 11) is 0. The van der Waals surface area contributed by atoms with E-state index in [9.17, 15) is 0 Å². The van der Waals surface area contributed by atoms with Gasteiger partial charge in [-0.3, -0.25) is 0 Å². The minimum atomic E-state index is 0.232. The number of hydrogen-bond acceptors (Lipinski definition) is 4. The van der Waals surface area contributed by atoms with E-state index in [4.69, 9.17) is 16.7 Å². The van der Waals surface area contributed by atoms with Gasteiger partial charge in [-0.15, -0.1) is 0 Å². The number of aliphatic hydroxyl groups is 1. The van der Waals surface area contributed by atoms with Crippen molar-refractivity contribution in [1.82, 2.24) is 9.97 Å². The van der Waals surface area contributed by atoms with Gasteiger partial charge in [0.2, 0.25) is 0 Å². The fourth-order valence-electron chi connectivity index (χ4n) is 1.79. The molecule has 0 fully saturated rings. The summed E-state index contributed by atoms with van der Waals surface area (Å²) in [6.07, 6.45) is 4.50. The predicted octanol–water partition coefficient (Wildman–Crippen LogP) is 2.65. The summed E-state index contributed by atoms with van der Waals surface area (Å²) in [5.41, 5.74) is 0.869. The first-order chi connectivity index (χ1) is 8.19. The second-order valence-corrected chi connectivity index (χ2v) is 4.54. The van der Waals surface area contributed by atoms with Gasteiger partial charge in [-0.05, 0) is 25.7 Å². The van der Waals surface area contributed by atoms with Crippen molar-refractivity contribution in [2.75, 3.05) is 18.5 Å². The largest absolute Gasteiger partial charge is 0.396 e. The lowest BCUT2D eigenvalue weighted by Crippen LogP contribution is -2.17. The van der Waals surface area contributed by atoms with Crippen molar-refractivity contribution in [2.45, 2.75) is 33.1 Å². The second kappa shape index (κ2) is 7.45. The molecule has 96 valence electrons. The fraction of sp³-hybridized carbons (Fsp3) is 0.667. The Morgan fingerprint density at radius 2 is 2.18 bits per heavy atom. The molecule has 0 aliphatic carbocycles. The highest BCUT2D eigenvalue weighted by molar-refractivity contribution is 6.30. The van der Waals surface area contributed by atoms with Crippen LogP contribution in [0.15, 0.2) is 6.33 Å². The van der Waals surface area contributed by atoms with Crippen LogP contribution in [0.4, 0.5) is 5.82 Å². The van der Waals surface area contributed by atoms with Crippen LogP contribution in [0.2, 0.25) is 5.15 Å². The van der Waals surface area contributed by atoms with Crippen LogP contribution in [0, 0.1) is 12.8 Å². The molecule has 1 unspecified atom stereocenters. The summed E-state index contributed by atoms with van der Waals surface area (Å²) < 4.78 is 0. The summed E-state index contributed by atoms with van der Waals surface area (Å²) in [5, 5.41) is 12.7. The molecule has 0 amide bonds. The van der Waals surface area contributed by atoms with Gasteiger partial charge >= 0.3 is 0 Å². The van der Waals surface area contributed by atoms with E-state index >= 15 is 0 Å². The monoisotopic (exact) mass is 257 g/mol. The van der Waals surface area contributed by atoms with Gasteiger partial charge in [-0.1, -0.05) is 24.9 Å². The normalized spacial score (nSPS) is 12.5. The van der Waals surface area contributed by atoms with Crippen molar-refractivity contribution in [2.24, 2.45) is 5.92 Å². The van der Waals surface area contributed by atoms with E-state index in [2.05, 4.69) is 22.2 Å². The summed E-state index contributed by atoms with van der Waals surface area (Å²) in [4.78, 5) is 8.08. The maximum absolute atomic E-state index is 8.98. The molecule has 1 aromatic heterocycles. The average molecular weight is 258 g/mol. The number of aromatic nitrogens is 2. The minimum Gasteiger partial charge on any atom is -0.396 e. The molecule has 17 heavy (non-hydrogen) atoms. The molecule has 5 heteroatoms. The van der Waals surface area contributed by atoms with E-state index < -0.39 is 0 Å². The van der Waals surface area contributed by atoms with Crippen molar-refractivity contribution < 1.29 is 5.11 Å². The maximum atomic E-state index is 8.98. The summed E-state index contributed by atoms with van der Waals surface area (Å²) in [5.74, 6) is 1.25. The third kappa shape index (κ3) is 4.48. The molecular formula is C12H20ClN3O. The van der Waals surface area contributed by atoms with Crippen LogP contribution in [0.25, 0.3) is 0 Å². The number of aliphatic hydroxyl groups excluding tert-OH is 1. The van der Waals surface area contributed by atoms with Crippen LogP contribution >= 0.6 is 11.6 Å². The van der Waals surface area contributed by atoms with E-state index in [0.717, 1.165) is 37.2 Å².